The number of para-hydroxylation sites is 1. The molecule has 0 saturated heterocycles. The van der Waals surface area contributed by atoms with Gasteiger partial charge in [-0.25, -0.2) is 4.98 Å². The largest absolute Gasteiger partial charge is 0.309 e. The molecule has 2 nitrogen and oxygen atoms in total. The van der Waals surface area contributed by atoms with Gasteiger partial charge in [0.15, 0.2) is 0 Å². The van der Waals surface area contributed by atoms with Crippen molar-refractivity contribution in [2.75, 3.05) is 0 Å². The van der Waals surface area contributed by atoms with Gasteiger partial charge in [-0.15, -0.1) is 22.7 Å². The molecule has 3 aromatic heterocycles. The Hall–Kier alpha value is -6.85. The molecular weight excluding hydrogens is 729 g/mol. The summed E-state index contributed by atoms with van der Waals surface area (Å²) in [6.07, 6.45) is 0. The van der Waals surface area contributed by atoms with Crippen LogP contribution < -0.4 is 0 Å². The minimum absolute atomic E-state index is 1.04. The molecule has 0 amide bonds. The SMILES string of the molecule is c1ccc(-c2ccc(-n3c4ccccc4c4c5ccccc5c(-c5ccc(-c6nc7c(cc(-c8ccccc8)c8sc9ccccc9c87)s6)cc5)cc43)cc2)cc1. The van der Waals surface area contributed by atoms with Crippen LogP contribution in [0.25, 0.3) is 113 Å². The minimum Gasteiger partial charge on any atom is -0.309 e. The highest BCUT2D eigenvalue weighted by Crippen LogP contribution is 2.47. The summed E-state index contributed by atoms with van der Waals surface area (Å²) in [7, 11) is 0. The number of nitrogens with zero attached hydrogens (tertiary/aromatic N) is 2. The van der Waals surface area contributed by atoms with Gasteiger partial charge in [0.05, 0.1) is 21.3 Å². The molecule has 4 heteroatoms. The second kappa shape index (κ2) is 12.9. The van der Waals surface area contributed by atoms with Crippen LogP contribution in [0.15, 0.2) is 194 Å². The fourth-order valence-corrected chi connectivity index (χ4v) is 11.1. The van der Waals surface area contributed by atoms with Gasteiger partial charge in [-0.2, -0.15) is 0 Å². The third-order valence-corrected chi connectivity index (χ3v) is 13.7. The summed E-state index contributed by atoms with van der Waals surface area (Å²) >= 11 is 3.65. The summed E-state index contributed by atoms with van der Waals surface area (Å²) in [4.78, 5) is 5.38. The summed E-state index contributed by atoms with van der Waals surface area (Å²) in [5.41, 5.74) is 13.1. The molecule has 0 aliphatic heterocycles. The van der Waals surface area contributed by atoms with Gasteiger partial charge < -0.3 is 4.57 Å². The zero-order valence-corrected chi connectivity index (χ0v) is 32.3. The molecule has 12 aromatic rings. The molecule has 0 saturated carbocycles. The van der Waals surface area contributed by atoms with E-state index in [0.29, 0.717) is 0 Å². The first kappa shape index (κ1) is 32.4. The molecule has 3 heterocycles. The molecule has 9 aromatic carbocycles. The first-order valence-electron chi connectivity index (χ1n) is 19.3. The topological polar surface area (TPSA) is 17.8 Å². The van der Waals surface area contributed by atoms with Gasteiger partial charge in [0.25, 0.3) is 0 Å². The van der Waals surface area contributed by atoms with Gasteiger partial charge in [0.2, 0.25) is 0 Å². The lowest BCUT2D eigenvalue weighted by atomic mass is 9.94. The molecule has 0 radical (unpaired) electrons. The molecule has 0 unspecified atom stereocenters. The third-order valence-electron chi connectivity index (χ3n) is 11.4. The summed E-state index contributed by atoms with van der Waals surface area (Å²) in [6, 6.07) is 70.6. The van der Waals surface area contributed by atoms with E-state index in [9.17, 15) is 0 Å². The van der Waals surface area contributed by atoms with Crippen molar-refractivity contribution in [1.82, 2.24) is 9.55 Å². The lowest BCUT2D eigenvalue weighted by molar-refractivity contribution is 1.18. The molecule has 0 bridgehead atoms. The number of thiazole rings is 1. The average molecular weight is 761 g/mol. The van der Waals surface area contributed by atoms with E-state index in [1.807, 2.05) is 11.3 Å². The molecule has 0 aliphatic rings. The van der Waals surface area contributed by atoms with Gasteiger partial charge in [-0.1, -0.05) is 158 Å². The molecule has 57 heavy (non-hydrogen) atoms. The van der Waals surface area contributed by atoms with E-state index >= 15 is 0 Å². The van der Waals surface area contributed by atoms with Gasteiger partial charge in [-0.3, -0.25) is 0 Å². The van der Waals surface area contributed by atoms with Crippen molar-refractivity contribution in [1.29, 1.82) is 0 Å². The van der Waals surface area contributed by atoms with Crippen LogP contribution in [0.5, 0.6) is 0 Å². The Kier molecular flexibility index (Phi) is 7.31. The Labute approximate surface area is 337 Å². The standard InChI is InChI=1S/C53H32N2S2/c1-3-13-33(14-4-1)34-27-29-38(30-28-34)55-45-21-11-9-19-41(45)49-40-18-8-7-17-39(40)43(31-46(49)55)36-23-25-37(26-24-36)53-54-51-48(57-53)32-44(35-15-5-2-6-16-35)52-50(51)42-20-10-12-22-47(42)56-52/h1-32H. The number of aromatic nitrogens is 2. The van der Waals surface area contributed by atoms with E-state index < -0.39 is 0 Å². The number of hydrogen-bond donors (Lipinski definition) is 0. The predicted molar refractivity (Wildman–Crippen MR) is 246 cm³/mol. The van der Waals surface area contributed by atoms with Crippen molar-refractivity contribution in [3.8, 4) is 49.6 Å². The minimum atomic E-state index is 1.04. The number of rotatable bonds is 5. The fraction of sp³-hybridized carbons (Fsp3) is 0. The quantitative estimate of drug-likeness (QED) is 0.171. The second-order valence-corrected chi connectivity index (χ2v) is 16.7. The molecule has 0 N–H and O–H groups in total. The lowest BCUT2D eigenvalue weighted by Gasteiger charge is -2.13. The molecule has 12 rings (SSSR count). The summed E-state index contributed by atoms with van der Waals surface area (Å²) in [6.45, 7) is 0. The number of hydrogen-bond acceptors (Lipinski definition) is 3. The van der Waals surface area contributed by atoms with Gasteiger partial charge in [-0.05, 0) is 75.0 Å². The van der Waals surface area contributed by atoms with Crippen LogP contribution in [0, 0.1) is 0 Å². The second-order valence-electron chi connectivity index (χ2n) is 14.7. The van der Waals surface area contributed by atoms with E-state index in [4.69, 9.17) is 4.98 Å². The summed E-state index contributed by atoms with van der Waals surface area (Å²) in [5, 5.41) is 8.63. The zero-order valence-electron chi connectivity index (χ0n) is 30.7. The first-order valence-corrected chi connectivity index (χ1v) is 20.9. The van der Waals surface area contributed by atoms with Crippen LogP contribution in [-0.2, 0) is 0 Å². The average Bonchev–Trinajstić information content (AvgIpc) is 3.99. The van der Waals surface area contributed by atoms with Gasteiger partial charge >= 0.3 is 0 Å². The van der Waals surface area contributed by atoms with Crippen LogP contribution >= 0.6 is 22.7 Å². The Bertz CT molecular complexity index is 3480. The predicted octanol–water partition coefficient (Wildman–Crippen LogP) is 15.6. The third kappa shape index (κ3) is 5.12. The maximum atomic E-state index is 5.38. The maximum Gasteiger partial charge on any atom is 0.124 e. The van der Waals surface area contributed by atoms with Gasteiger partial charge in [0, 0.05) is 47.8 Å². The van der Waals surface area contributed by atoms with E-state index in [0.717, 1.165) is 21.8 Å². The molecule has 0 aliphatic carbocycles. The molecule has 266 valence electrons. The van der Waals surface area contributed by atoms with Crippen LogP contribution in [-0.4, -0.2) is 9.55 Å². The number of fused-ring (bicyclic) bond motifs is 10. The fourth-order valence-electron chi connectivity index (χ4n) is 8.80. The number of thiophene rings is 1. The molecule has 0 fully saturated rings. The monoisotopic (exact) mass is 760 g/mol. The van der Waals surface area contributed by atoms with Crippen LogP contribution in [0.4, 0.5) is 0 Å². The summed E-state index contributed by atoms with van der Waals surface area (Å²) < 4.78 is 6.24. The highest BCUT2D eigenvalue weighted by molar-refractivity contribution is 7.27. The molecule has 0 atom stereocenters. The normalized spacial score (nSPS) is 11.9. The van der Waals surface area contributed by atoms with Crippen molar-refractivity contribution in [2.24, 2.45) is 0 Å². The Balaban J connectivity index is 1.01. The Morgan fingerprint density at radius 2 is 0.947 bits per heavy atom. The molecule has 0 spiro atoms. The van der Waals surface area contributed by atoms with Gasteiger partial charge in [0.1, 0.15) is 5.01 Å². The Morgan fingerprint density at radius 3 is 1.72 bits per heavy atom. The van der Waals surface area contributed by atoms with Crippen LogP contribution in [0.2, 0.25) is 0 Å². The smallest absolute Gasteiger partial charge is 0.124 e. The van der Waals surface area contributed by atoms with E-state index in [2.05, 4.69) is 199 Å². The zero-order chi connectivity index (χ0) is 37.5. The first-order chi connectivity index (χ1) is 28.3. The number of benzene rings is 9. The highest BCUT2D eigenvalue weighted by Gasteiger charge is 2.20. The van der Waals surface area contributed by atoms with Crippen molar-refractivity contribution in [2.45, 2.75) is 0 Å². The van der Waals surface area contributed by atoms with Crippen LogP contribution in [0.3, 0.4) is 0 Å². The lowest BCUT2D eigenvalue weighted by Crippen LogP contribution is -1.94. The van der Waals surface area contributed by atoms with E-state index in [-0.39, 0.29) is 0 Å². The van der Waals surface area contributed by atoms with Crippen molar-refractivity contribution >= 4 is 85.6 Å². The van der Waals surface area contributed by atoms with E-state index in [1.54, 1.807) is 11.3 Å². The van der Waals surface area contributed by atoms with Crippen LogP contribution in [0.1, 0.15) is 0 Å². The van der Waals surface area contributed by atoms with Crippen molar-refractivity contribution in [3.63, 3.8) is 0 Å². The highest BCUT2D eigenvalue weighted by atomic mass is 32.1. The summed E-state index contributed by atoms with van der Waals surface area (Å²) in [5.74, 6) is 0. The Morgan fingerprint density at radius 1 is 0.368 bits per heavy atom. The van der Waals surface area contributed by atoms with Crippen molar-refractivity contribution in [3.05, 3.63) is 194 Å². The van der Waals surface area contributed by atoms with Crippen molar-refractivity contribution < 1.29 is 0 Å². The maximum absolute atomic E-state index is 5.38. The molecular formula is C53H32N2S2. The van der Waals surface area contributed by atoms with E-state index in [1.165, 1.54) is 90.8 Å².